The van der Waals surface area contributed by atoms with Gasteiger partial charge in [0, 0.05) is 23.3 Å². The third kappa shape index (κ3) is 1.64. The Kier molecular flexibility index (Phi) is 2.34. The van der Waals surface area contributed by atoms with Gasteiger partial charge in [-0.1, -0.05) is 18.2 Å². The fourth-order valence-corrected chi connectivity index (χ4v) is 1.94. The highest BCUT2D eigenvalue weighted by atomic mass is 16.4. The first-order chi connectivity index (χ1) is 8.75. The highest BCUT2D eigenvalue weighted by molar-refractivity contribution is 5.98. The van der Waals surface area contributed by atoms with Gasteiger partial charge >= 0.3 is 5.97 Å². The summed E-state index contributed by atoms with van der Waals surface area (Å²) in [6, 6.07) is 10.8. The van der Waals surface area contributed by atoms with E-state index in [0.717, 1.165) is 16.5 Å². The molecule has 1 aromatic carbocycles. The van der Waals surface area contributed by atoms with Crippen molar-refractivity contribution in [2.45, 2.75) is 0 Å². The second-order valence-electron chi connectivity index (χ2n) is 3.87. The number of aromatic carboxylic acids is 1. The zero-order valence-electron chi connectivity index (χ0n) is 9.33. The molecule has 0 radical (unpaired) electrons. The lowest BCUT2D eigenvalue weighted by atomic mass is 10.0. The summed E-state index contributed by atoms with van der Waals surface area (Å²) in [6.45, 7) is 0. The largest absolute Gasteiger partial charge is 0.475 e. The molecule has 0 aliphatic carbocycles. The first kappa shape index (κ1) is 10.5. The van der Waals surface area contributed by atoms with Gasteiger partial charge in [0.1, 0.15) is 5.58 Å². The van der Waals surface area contributed by atoms with Crippen molar-refractivity contribution in [3.63, 3.8) is 0 Å². The molecule has 88 valence electrons. The van der Waals surface area contributed by atoms with E-state index in [1.54, 1.807) is 24.5 Å². The molecule has 4 heteroatoms. The first-order valence-corrected chi connectivity index (χ1v) is 5.42. The minimum absolute atomic E-state index is 0.0543. The van der Waals surface area contributed by atoms with Gasteiger partial charge in [-0.2, -0.15) is 0 Å². The number of furan rings is 1. The molecule has 1 N–H and O–H groups in total. The van der Waals surface area contributed by atoms with Crippen LogP contribution >= 0.6 is 0 Å². The molecule has 0 bridgehead atoms. The Hall–Kier alpha value is -2.62. The van der Waals surface area contributed by atoms with E-state index in [4.69, 9.17) is 9.52 Å². The van der Waals surface area contributed by atoms with Gasteiger partial charge < -0.3 is 9.52 Å². The summed E-state index contributed by atoms with van der Waals surface area (Å²) >= 11 is 0. The van der Waals surface area contributed by atoms with E-state index in [1.807, 2.05) is 24.3 Å². The lowest BCUT2D eigenvalue weighted by Crippen LogP contribution is -1.91. The Balaban J connectivity index is 2.27. The number of hydrogen-bond donors (Lipinski definition) is 1. The SMILES string of the molecule is O=C(O)c1cc2c(-c3cccnc3)cccc2o1. The molecule has 2 aromatic heterocycles. The summed E-state index contributed by atoms with van der Waals surface area (Å²) in [6.07, 6.45) is 3.43. The molecule has 0 unspecified atom stereocenters. The third-order valence-electron chi connectivity index (χ3n) is 2.74. The van der Waals surface area contributed by atoms with Crippen LogP contribution in [0.15, 0.2) is 53.2 Å². The van der Waals surface area contributed by atoms with Crippen LogP contribution in [0.25, 0.3) is 22.1 Å². The number of hydrogen-bond acceptors (Lipinski definition) is 3. The molecule has 0 fully saturated rings. The summed E-state index contributed by atoms with van der Waals surface area (Å²) in [7, 11) is 0. The highest BCUT2D eigenvalue weighted by Crippen LogP contribution is 2.30. The van der Waals surface area contributed by atoms with Crippen LogP contribution in [0.4, 0.5) is 0 Å². The van der Waals surface area contributed by atoms with Crippen molar-refractivity contribution in [2.75, 3.05) is 0 Å². The summed E-state index contributed by atoms with van der Waals surface area (Å²) in [5.74, 6) is -1.12. The number of rotatable bonds is 2. The molecule has 3 aromatic rings. The normalized spacial score (nSPS) is 10.7. The van der Waals surface area contributed by atoms with Crippen molar-refractivity contribution >= 4 is 16.9 Å². The van der Waals surface area contributed by atoms with E-state index in [1.165, 1.54) is 0 Å². The van der Waals surface area contributed by atoms with E-state index in [0.29, 0.717) is 5.58 Å². The van der Waals surface area contributed by atoms with Crippen molar-refractivity contribution < 1.29 is 14.3 Å². The molecule has 3 rings (SSSR count). The van der Waals surface area contributed by atoms with E-state index >= 15 is 0 Å². The van der Waals surface area contributed by atoms with Crippen molar-refractivity contribution in [1.29, 1.82) is 0 Å². The molecule has 4 nitrogen and oxygen atoms in total. The fraction of sp³-hybridized carbons (Fsp3) is 0. The van der Waals surface area contributed by atoms with Gasteiger partial charge in [0.15, 0.2) is 0 Å². The molecular formula is C14H9NO3. The molecule has 0 saturated carbocycles. The Labute approximate surface area is 103 Å². The lowest BCUT2D eigenvalue weighted by molar-refractivity contribution is 0.0665. The summed E-state index contributed by atoms with van der Waals surface area (Å²) in [5.41, 5.74) is 2.41. The van der Waals surface area contributed by atoms with E-state index in [2.05, 4.69) is 4.98 Å². The first-order valence-electron chi connectivity index (χ1n) is 5.42. The van der Waals surface area contributed by atoms with Crippen LogP contribution in [-0.4, -0.2) is 16.1 Å². The standard InChI is InChI=1S/C14H9NO3/c16-14(17)13-7-11-10(4-1-5-12(11)18-13)9-3-2-6-15-8-9/h1-8H,(H,16,17). The average molecular weight is 239 g/mol. The topological polar surface area (TPSA) is 63.3 Å². The van der Waals surface area contributed by atoms with Crippen LogP contribution in [0, 0.1) is 0 Å². The third-order valence-corrected chi connectivity index (χ3v) is 2.74. The maximum Gasteiger partial charge on any atom is 0.371 e. The van der Waals surface area contributed by atoms with Gasteiger partial charge in [-0.3, -0.25) is 4.98 Å². The number of fused-ring (bicyclic) bond motifs is 1. The van der Waals surface area contributed by atoms with Gasteiger partial charge in [0.25, 0.3) is 0 Å². The Morgan fingerprint density at radius 2 is 2.11 bits per heavy atom. The number of nitrogens with zero attached hydrogens (tertiary/aromatic N) is 1. The Morgan fingerprint density at radius 1 is 1.22 bits per heavy atom. The maximum atomic E-state index is 10.9. The molecular weight excluding hydrogens is 230 g/mol. The van der Waals surface area contributed by atoms with E-state index in [9.17, 15) is 4.79 Å². The molecule has 0 atom stereocenters. The van der Waals surface area contributed by atoms with Crippen LogP contribution < -0.4 is 0 Å². The maximum absolute atomic E-state index is 10.9. The number of aromatic nitrogens is 1. The van der Waals surface area contributed by atoms with Gasteiger partial charge in [-0.25, -0.2) is 4.79 Å². The van der Waals surface area contributed by atoms with Gasteiger partial charge in [0.05, 0.1) is 0 Å². The van der Waals surface area contributed by atoms with E-state index < -0.39 is 5.97 Å². The minimum atomic E-state index is -1.07. The van der Waals surface area contributed by atoms with Gasteiger partial charge in [-0.05, 0) is 23.8 Å². The minimum Gasteiger partial charge on any atom is -0.475 e. The molecule has 0 amide bonds. The second-order valence-corrected chi connectivity index (χ2v) is 3.87. The average Bonchev–Trinajstić information content (AvgIpc) is 2.83. The smallest absolute Gasteiger partial charge is 0.371 e. The number of carbonyl (C=O) groups is 1. The van der Waals surface area contributed by atoms with Crippen molar-refractivity contribution in [2.24, 2.45) is 0 Å². The fourth-order valence-electron chi connectivity index (χ4n) is 1.94. The van der Waals surface area contributed by atoms with E-state index in [-0.39, 0.29) is 5.76 Å². The molecule has 0 saturated heterocycles. The number of benzene rings is 1. The predicted octanol–water partition coefficient (Wildman–Crippen LogP) is 3.19. The quantitative estimate of drug-likeness (QED) is 0.745. The highest BCUT2D eigenvalue weighted by Gasteiger charge is 2.13. The lowest BCUT2D eigenvalue weighted by Gasteiger charge is -2.01. The molecule has 0 spiro atoms. The van der Waals surface area contributed by atoms with Gasteiger partial charge in [0.2, 0.25) is 5.76 Å². The van der Waals surface area contributed by atoms with Crippen molar-refractivity contribution in [3.05, 3.63) is 54.6 Å². The summed E-state index contributed by atoms with van der Waals surface area (Å²) in [5, 5.41) is 9.72. The second kappa shape index (κ2) is 4.00. The van der Waals surface area contributed by atoms with Crippen LogP contribution in [0.3, 0.4) is 0 Å². The van der Waals surface area contributed by atoms with Crippen LogP contribution in [0.1, 0.15) is 10.6 Å². The monoisotopic (exact) mass is 239 g/mol. The zero-order chi connectivity index (χ0) is 12.5. The number of carboxylic acids is 1. The Morgan fingerprint density at radius 3 is 2.83 bits per heavy atom. The molecule has 0 aliphatic heterocycles. The summed E-state index contributed by atoms with van der Waals surface area (Å²) < 4.78 is 5.27. The number of pyridine rings is 1. The van der Waals surface area contributed by atoms with Crippen LogP contribution in [0.5, 0.6) is 0 Å². The molecule has 18 heavy (non-hydrogen) atoms. The molecule has 2 heterocycles. The number of carboxylic acid groups (broad SMARTS) is 1. The molecule has 0 aliphatic rings. The van der Waals surface area contributed by atoms with Gasteiger partial charge in [-0.15, -0.1) is 0 Å². The Bertz CT molecular complexity index is 716. The van der Waals surface area contributed by atoms with Crippen molar-refractivity contribution in [3.8, 4) is 11.1 Å². The van der Waals surface area contributed by atoms with Crippen LogP contribution in [0.2, 0.25) is 0 Å². The zero-order valence-corrected chi connectivity index (χ0v) is 9.33. The summed E-state index contributed by atoms with van der Waals surface area (Å²) in [4.78, 5) is 15.0. The van der Waals surface area contributed by atoms with Crippen molar-refractivity contribution in [1.82, 2.24) is 4.98 Å². The van der Waals surface area contributed by atoms with Crippen LogP contribution in [-0.2, 0) is 0 Å². The predicted molar refractivity (Wildman–Crippen MR) is 66.4 cm³/mol.